The normalized spacial score (nSPS) is 11.2. The average Bonchev–Trinajstić information content (AvgIpc) is 3.34. The second-order valence-corrected chi connectivity index (χ2v) is 7.17. The molecule has 0 unspecified atom stereocenters. The second kappa shape index (κ2) is 6.68. The lowest BCUT2D eigenvalue weighted by atomic mass is 10.0. The summed E-state index contributed by atoms with van der Waals surface area (Å²) < 4.78 is 3.68. The molecule has 0 radical (unpaired) electrons. The summed E-state index contributed by atoms with van der Waals surface area (Å²) >= 11 is 1.40. The zero-order valence-electron chi connectivity index (χ0n) is 14.5. The number of nitrogens with zero attached hydrogens (tertiary/aromatic N) is 7. The molecule has 0 aliphatic heterocycles. The Labute approximate surface area is 154 Å². The van der Waals surface area contributed by atoms with E-state index >= 15 is 0 Å². The van der Waals surface area contributed by atoms with Gasteiger partial charge in [0.2, 0.25) is 5.13 Å². The number of aryl methyl sites for hydroxylation is 4. The molecule has 8 nitrogen and oxygen atoms in total. The van der Waals surface area contributed by atoms with Crippen molar-refractivity contribution in [1.82, 2.24) is 35.0 Å². The quantitative estimate of drug-likeness (QED) is 0.582. The predicted octanol–water partition coefficient (Wildman–Crippen LogP) is 2.42. The molecule has 0 atom stereocenters. The van der Waals surface area contributed by atoms with Gasteiger partial charge in [-0.15, -0.1) is 15.3 Å². The summed E-state index contributed by atoms with van der Waals surface area (Å²) in [7, 11) is 0. The van der Waals surface area contributed by atoms with E-state index in [4.69, 9.17) is 5.73 Å². The highest BCUT2D eigenvalue weighted by Crippen LogP contribution is 2.29. The van der Waals surface area contributed by atoms with Gasteiger partial charge in [0.1, 0.15) is 10.7 Å². The van der Waals surface area contributed by atoms with E-state index in [-0.39, 0.29) is 0 Å². The molecule has 4 rings (SSSR count). The number of benzene rings is 1. The van der Waals surface area contributed by atoms with Crippen molar-refractivity contribution in [1.29, 1.82) is 0 Å². The van der Waals surface area contributed by atoms with Crippen LogP contribution in [0.1, 0.15) is 16.1 Å². The van der Waals surface area contributed by atoms with E-state index in [2.05, 4.69) is 51.6 Å². The van der Waals surface area contributed by atoms with Crippen LogP contribution in [-0.2, 0) is 13.0 Å². The molecule has 0 aliphatic carbocycles. The number of nitrogen functional groups attached to an aromatic ring is 1. The van der Waals surface area contributed by atoms with Crippen molar-refractivity contribution < 1.29 is 0 Å². The van der Waals surface area contributed by atoms with Gasteiger partial charge in [0.25, 0.3) is 0 Å². The Morgan fingerprint density at radius 1 is 1.15 bits per heavy atom. The van der Waals surface area contributed by atoms with Crippen LogP contribution in [0.5, 0.6) is 0 Å². The van der Waals surface area contributed by atoms with Crippen LogP contribution in [0, 0.1) is 13.8 Å². The number of rotatable bonds is 5. The van der Waals surface area contributed by atoms with Gasteiger partial charge in [0, 0.05) is 30.9 Å². The standard InChI is InChI=1S/C17H18N8S/c1-11-8-12(2)16(14(9-11)25-6-3-5-19-25)13-10-24(23-20-13)7-4-15-21-22-17(18)26-15/h3,5-6,8-10H,4,7H2,1-2H3,(H2,18,22). The lowest BCUT2D eigenvalue weighted by Crippen LogP contribution is -2.02. The van der Waals surface area contributed by atoms with Crippen molar-refractivity contribution in [3.8, 4) is 16.9 Å². The fraction of sp³-hybridized carbons (Fsp3) is 0.235. The summed E-state index contributed by atoms with van der Waals surface area (Å²) in [5.74, 6) is 0. The predicted molar refractivity (Wildman–Crippen MR) is 100 cm³/mol. The summed E-state index contributed by atoms with van der Waals surface area (Å²) in [4.78, 5) is 0. The van der Waals surface area contributed by atoms with Crippen LogP contribution in [0.3, 0.4) is 0 Å². The summed E-state index contributed by atoms with van der Waals surface area (Å²) in [6.45, 7) is 4.83. The molecule has 2 N–H and O–H groups in total. The highest BCUT2D eigenvalue weighted by Gasteiger charge is 2.15. The molecule has 1 aromatic carbocycles. The Hall–Kier alpha value is -3.07. The summed E-state index contributed by atoms with van der Waals surface area (Å²) in [6.07, 6.45) is 6.37. The Kier molecular flexibility index (Phi) is 4.21. The zero-order valence-corrected chi connectivity index (χ0v) is 15.3. The maximum atomic E-state index is 5.62. The number of hydrogen-bond acceptors (Lipinski definition) is 7. The van der Waals surface area contributed by atoms with Gasteiger partial charge in [-0.2, -0.15) is 5.10 Å². The van der Waals surface area contributed by atoms with Gasteiger partial charge in [-0.3, -0.25) is 4.68 Å². The number of hydrogen-bond donors (Lipinski definition) is 1. The topological polar surface area (TPSA) is 100 Å². The van der Waals surface area contributed by atoms with E-state index in [1.807, 2.05) is 27.8 Å². The molecule has 132 valence electrons. The van der Waals surface area contributed by atoms with Crippen LogP contribution in [0.15, 0.2) is 36.8 Å². The lowest BCUT2D eigenvalue weighted by Gasteiger charge is -2.12. The maximum Gasteiger partial charge on any atom is 0.203 e. The minimum atomic E-state index is 0.485. The molecular weight excluding hydrogens is 348 g/mol. The van der Waals surface area contributed by atoms with Gasteiger partial charge in [0.15, 0.2) is 0 Å². The Morgan fingerprint density at radius 2 is 2.04 bits per heavy atom. The van der Waals surface area contributed by atoms with Crippen LogP contribution in [0.4, 0.5) is 5.13 Å². The molecular formula is C17H18N8S. The lowest BCUT2D eigenvalue weighted by molar-refractivity contribution is 0.586. The van der Waals surface area contributed by atoms with Crippen LogP contribution in [-0.4, -0.2) is 35.0 Å². The zero-order chi connectivity index (χ0) is 18.1. The third kappa shape index (κ3) is 3.21. The number of aromatic nitrogens is 7. The SMILES string of the molecule is Cc1cc(C)c(-c2cn(CCc3nnc(N)s3)nn2)c(-n2cccn2)c1. The molecule has 0 saturated carbocycles. The smallest absolute Gasteiger partial charge is 0.203 e. The van der Waals surface area contributed by atoms with E-state index in [0.29, 0.717) is 11.7 Å². The molecule has 0 saturated heterocycles. The second-order valence-electron chi connectivity index (χ2n) is 6.08. The highest BCUT2D eigenvalue weighted by molar-refractivity contribution is 7.15. The highest BCUT2D eigenvalue weighted by atomic mass is 32.1. The molecule has 0 aliphatic rings. The first-order valence-corrected chi connectivity index (χ1v) is 9.01. The van der Waals surface area contributed by atoms with Gasteiger partial charge in [-0.05, 0) is 37.1 Å². The summed E-state index contributed by atoms with van der Waals surface area (Å²) in [6, 6.07) is 6.16. The Morgan fingerprint density at radius 3 is 2.77 bits per heavy atom. The summed E-state index contributed by atoms with van der Waals surface area (Å²) in [5, 5.41) is 22.3. The first-order chi connectivity index (χ1) is 12.6. The van der Waals surface area contributed by atoms with E-state index in [9.17, 15) is 0 Å². The van der Waals surface area contributed by atoms with Crippen molar-refractivity contribution in [2.45, 2.75) is 26.8 Å². The van der Waals surface area contributed by atoms with E-state index < -0.39 is 0 Å². The van der Waals surface area contributed by atoms with Gasteiger partial charge in [0.05, 0.1) is 11.9 Å². The van der Waals surface area contributed by atoms with E-state index in [1.165, 1.54) is 16.9 Å². The average molecular weight is 366 g/mol. The largest absolute Gasteiger partial charge is 0.374 e. The monoisotopic (exact) mass is 366 g/mol. The van der Waals surface area contributed by atoms with Crippen molar-refractivity contribution in [3.63, 3.8) is 0 Å². The molecule has 0 amide bonds. The van der Waals surface area contributed by atoms with Crippen LogP contribution in [0.2, 0.25) is 0 Å². The Balaban J connectivity index is 1.65. The molecule has 0 fully saturated rings. The van der Waals surface area contributed by atoms with Crippen molar-refractivity contribution >= 4 is 16.5 Å². The molecule has 4 aromatic rings. The first kappa shape index (κ1) is 16.4. The molecule has 0 spiro atoms. The molecule has 9 heteroatoms. The molecule has 26 heavy (non-hydrogen) atoms. The third-order valence-corrected chi connectivity index (χ3v) is 4.85. The minimum absolute atomic E-state index is 0.485. The minimum Gasteiger partial charge on any atom is -0.374 e. The Bertz CT molecular complexity index is 1030. The number of anilines is 1. The third-order valence-electron chi connectivity index (χ3n) is 4.04. The molecule has 3 heterocycles. The van der Waals surface area contributed by atoms with E-state index in [0.717, 1.165) is 33.9 Å². The van der Waals surface area contributed by atoms with Crippen molar-refractivity contribution in [3.05, 3.63) is 52.9 Å². The number of nitrogens with two attached hydrogens (primary N) is 1. The fourth-order valence-electron chi connectivity index (χ4n) is 2.97. The van der Waals surface area contributed by atoms with Crippen molar-refractivity contribution in [2.75, 3.05) is 5.73 Å². The maximum absolute atomic E-state index is 5.62. The van der Waals surface area contributed by atoms with Crippen LogP contribution in [0.25, 0.3) is 16.9 Å². The molecule has 0 bridgehead atoms. The fourth-order valence-corrected chi connectivity index (χ4v) is 3.57. The van der Waals surface area contributed by atoms with Gasteiger partial charge < -0.3 is 5.73 Å². The van der Waals surface area contributed by atoms with Gasteiger partial charge in [-0.1, -0.05) is 22.6 Å². The van der Waals surface area contributed by atoms with Gasteiger partial charge in [-0.25, -0.2) is 4.68 Å². The van der Waals surface area contributed by atoms with Crippen molar-refractivity contribution in [2.24, 2.45) is 0 Å². The van der Waals surface area contributed by atoms with Crippen LogP contribution < -0.4 is 5.73 Å². The van der Waals surface area contributed by atoms with E-state index in [1.54, 1.807) is 6.20 Å². The molecule has 3 aromatic heterocycles. The van der Waals surface area contributed by atoms with Gasteiger partial charge >= 0.3 is 0 Å². The summed E-state index contributed by atoms with van der Waals surface area (Å²) in [5.41, 5.74) is 10.8. The first-order valence-electron chi connectivity index (χ1n) is 8.20. The van der Waals surface area contributed by atoms with Crippen LogP contribution >= 0.6 is 11.3 Å².